The summed E-state index contributed by atoms with van der Waals surface area (Å²) in [6.07, 6.45) is 26.4. The van der Waals surface area contributed by atoms with E-state index in [1.54, 1.807) is 0 Å². The van der Waals surface area contributed by atoms with Gasteiger partial charge in [-0.15, -0.1) is 11.8 Å². The van der Waals surface area contributed by atoms with Gasteiger partial charge in [0.1, 0.15) is 0 Å². The molecule has 0 spiro atoms. The first-order valence-electron chi connectivity index (χ1n) is 13.6. The molecule has 0 rings (SSSR count). The van der Waals surface area contributed by atoms with Crippen molar-refractivity contribution in [3.8, 4) is 11.8 Å². The predicted octanol–water partition coefficient (Wildman–Crippen LogP) is 10.4. The SMILES string of the molecule is [CH2]CCCC(C)CCCCCCCC#CCCC(C)CCCCCC(C)CCC[CH2]. The Bertz CT molecular complexity index is 385. The van der Waals surface area contributed by atoms with E-state index in [2.05, 4.69) is 46.5 Å². The van der Waals surface area contributed by atoms with E-state index in [0.29, 0.717) is 0 Å². The molecule has 0 aromatic rings. The van der Waals surface area contributed by atoms with E-state index in [4.69, 9.17) is 0 Å². The van der Waals surface area contributed by atoms with Crippen LogP contribution in [0.15, 0.2) is 0 Å². The lowest BCUT2D eigenvalue weighted by atomic mass is 9.94. The van der Waals surface area contributed by atoms with E-state index in [9.17, 15) is 0 Å². The van der Waals surface area contributed by atoms with Crippen LogP contribution in [0.1, 0.15) is 149 Å². The molecule has 0 bridgehead atoms. The van der Waals surface area contributed by atoms with E-state index in [-0.39, 0.29) is 0 Å². The van der Waals surface area contributed by atoms with Gasteiger partial charge in [0.15, 0.2) is 0 Å². The second kappa shape index (κ2) is 23.2. The quantitative estimate of drug-likeness (QED) is 0.129. The van der Waals surface area contributed by atoms with E-state index < -0.39 is 0 Å². The van der Waals surface area contributed by atoms with Gasteiger partial charge in [-0.3, -0.25) is 0 Å². The summed E-state index contributed by atoms with van der Waals surface area (Å²) in [4.78, 5) is 0. The third-order valence-electron chi connectivity index (χ3n) is 6.67. The third-order valence-corrected chi connectivity index (χ3v) is 6.67. The van der Waals surface area contributed by atoms with Crippen molar-refractivity contribution >= 4 is 0 Å². The molecule has 3 atom stereocenters. The van der Waals surface area contributed by atoms with Crippen molar-refractivity contribution < 1.29 is 0 Å². The van der Waals surface area contributed by atoms with E-state index in [1.165, 1.54) is 103 Å². The van der Waals surface area contributed by atoms with Crippen molar-refractivity contribution in [3.63, 3.8) is 0 Å². The Morgan fingerprint density at radius 1 is 0.433 bits per heavy atom. The zero-order valence-electron chi connectivity index (χ0n) is 21.3. The average Bonchev–Trinajstić information content (AvgIpc) is 2.74. The number of rotatable bonds is 21. The van der Waals surface area contributed by atoms with Crippen LogP contribution in [-0.2, 0) is 0 Å². The number of unbranched alkanes of at least 4 members (excludes halogenated alkanes) is 9. The van der Waals surface area contributed by atoms with Crippen LogP contribution < -0.4 is 0 Å². The second-order valence-corrected chi connectivity index (χ2v) is 10.1. The van der Waals surface area contributed by atoms with Gasteiger partial charge in [-0.1, -0.05) is 137 Å². The topological polar surface area (TPSA) is 0 Å². The summed E-state index contributed by atoms with van der Waals surface area (Å²) < 4.78 is 0. The van der Waals surface area contributed by atoms with Crippen LogP contribution in [0.25, 0.3) is 0 Å². The van der Waals surface area contributed by atoms with Crippen LogP contribution in [0.4, 0.5) is 0 Å². The van der Waals surface area contributed by atoms with Gasteiger partial charge in [-0.2, -0.15) is 0 Å². The van der Waals surface area contributed by atoms with Crippen molar-refractivity contribution in [1.82, 2.24) is 0 Å². The predicted molar refractivity (Wildman–Crippen MR) is 138 cm³/mol. The standard InChI is InChI=1S/C30H56/c1-6-8-22-28(3)24-18-15-13-11-10-12-14-16-19-25-30(5)27-21-17-20-26-29(4)23-9-7-2/h28-30H,1-2,6-13,15,17-27H2,3-5H3. The van der Waals surface area contributed by atoms with E-state index in [0.717, 1.165) is 43.4 Å². The van der Waals surface area contributed by atoms with Gasteiger partial charge in [0, 0.05) is 12.8 Å². The molecule has 0 fully saturated rings. The molecule has 30 heavy (non-hydrogen) atoms. The molecule has 0 aliphatic heterocycles. The molecule has 0 aliphatic rings. The van der Waals surface area contributed by atoms with Gasteiger partial charge >= 0.3 is 0 Å². The zero-order valence-corrected chi connectivity index (χ0v) is 21.3. The van der Waals surface area contributed by atoms with Crippen molar-refractivity contribution in [2.45, 2.75) is 149 Å². The molecular weight excluding hydrogens is 360 g/mol. The van der Waals surface area contributed by atoms with Crippen molar-refractivity contribution in [2.24, 2.45) is 17.8 Å². The van der Waals surface area contributed by atoms with Crippen LogP contribution in [0.2, 0.25) is 0 Å². The summed E-state index contributed by atoms with van der Waals surface area (Å²) in [5, 5.41) is 0. The van der Waals surface area contributed by atoms with E-state index >= 15 is 0 Å². The first-order valence-corrected chi connectivity index (χ1v) is 13.6. The molecule has 0 nitrogen and oxygen atoms in total. The zero-order chi connectivity index (χ0) is 22.3. The highest BCUT2D eigenvalue weighted by atomic mass is 14.1. The van der Waals surface area contributed by atoms with Gasteiger partial charge in [0.25, 0.3) is 0 Å². The number of hydrogen-bond donors (Lipinski definition) is 0. The first kappa shape index (κ1) is 29.6. The molecule has 3 unspecified atom stereocenters. The van der Waals surface area contributed by atoms with Crippen molar-refractivity contribution in [1.29, 1.82) is 0 Å². The Balaban J connectivity index is 3.39. The molecule has 0 N–H and O–H groups in total. The lowest BCUT2D eigenvalue weighted by Gasteiger charge is -2.11. The minimum absolute atomic E-state index is 0.846. The summed E-state index contributed by atoms with van der Waals surface area (Å²) in [7, 11) is 0. The Morgan fingerprint density at radius 2 is 0.800 bits per heavy atom. The van der Waals surface area contributed by atoms with Crippen molar-refractivity contribution in [2.75, 3.05) is 0 Å². The average molecular weight is 417 g/mol. The first-order chi connectivity index (χ1) is 14.6. The van der Waals surface area contributed by atoms with Gasteiger partial charge < -0.3 is 0 Å². The maximum atomic E-state index is 3.95. The maximum Gasteiger partial charge on any atom is 0.00912 e. The fraction of sp³-hybridized carbons (Fsp3) is 0.867. The molecule has 176 valence electrons. The molecular formula is C30H56. The van der Waals surface area contributed by atoms with Gasteiger partial charge in [0.05, 0.1) is 0 Å². The maximum absolute atomic E-state index is 3.95. The Kier molecular flexibility index (Phi) is 22.9. The van der Waals surface area contributed by atoms with Crippen LogP contribution >= 0.6 is 0 Å². The highest BCUT2D eigenvalue weighted by Crippen LogP contribution is 2.19. The Morgan fingerprint density at radius 3 is 1.33 bits per heavy atom. The molecule has 0 saturated carbocycles. The summed E-state index contributed by atoms with van der Waals surface area (Å²) in [6.45, 7) is 15.1. The minimum atomic E-state index is 0.846. The Hall–Kier alpha value is -0.440. The van der Waals surface area contributed by atoms with Gasteiger partial charge in [-0.25, -0.2) is 0 Å². The Labute approximate surface area is 192 Å². The van der Waals surface area contributed by atoms with Crippen LogP contribution in [0.5, 0.6) is 0 Å². The molecule has 0 heteroatoms. The molecule has 2 radical (unpaired) electrons. The monoisotopic (exact) mass is 416 g/mol. The highest BCUT2D eigenvalue weighted by Gasteiger charge is 2.04. The molecule has 0 aromatic heterocycles. The molecule has 0 amide bonds. The summed E-state index contributed by atoms with van der Waals surface area (Å²) >= 11 is 0. The lowest BCUT2D eigenvalue weighted by molar-refractivity contribution is 0.424. The largest absolute Gasteiger partial charge is 0.103 e. The minimum Gasteiger partial charge on any atom is -0.103 e. The summed E-state index contributed by atoms with van der Waals surface area (Å²) in [5.41, 5.74) is 0. The van der Waals surface area contributed by atoms with Crippen LogP contribution in [0, 0.1) is 43.4 Å². The number of hydrogen-bond acceptors (Lipinski definition) is 0. The highest BCUT2D eigenvalue weighted by molar-refractivity contribution is 4.98. The molecule has 0 aromatic carbocycles. The fourth-order valence-corrected chi connectivity index (χ4v) is 4.31. The van der Waals surface area contributed by atoms with Crippen LogP contribution in [-0.4, -0.2) is 0 Å². The molecule has 0 heterocycles. The van der Waals surface area contributed by atoms with Gasteiger partial charge in [-0.05, 0) is 30.6 Å². The molecule has 0 saturated heterocycles. The normalized spacial score (nSPS) is 14.2. The lowest BCUT2D eigenvalue weighted by Crippen LogP contribution is -1.96. The van der Waals surface area contributed by atoms with Gasteiger partial charge in [0.2, 0.25) is 0 Å². The fourth-order valence-electron chi connectivity index (χ4n) is 4.31. The van der Waals surface area contributed by atoms with Crippen LogP contribution in [0.3, 0.4) is 0 Å². The smallest absolute Gasteiger partial charge is 0.00912 e. The molecule has 0 aliphatic carbocycles. The summed E-state index contributed by atoms with van der Waals surface area (Å²) in [6, 6.07) is 0. The third kappa shape index (κ3) is 22.2. The second-order valence-electron chi connectivity index (χ2n) is 10.1. The summed E-state index contributed by atoms with van der Waals surface area (Å²) in [5.74, 6) is 9.49. The van der Waals surface area contributed by atoms with E-state index in [1.807, 2.05) is 0 Å². The van der Waals surface area contributed by atoms with Crippen molar-refractivity contribution in [3.05, 3.63) is 13.8 Å².